The summed E-state index contributed by atoms with van der Waals surface area (Å²) in [5.41, 5.74) is 1.26. The summed E-state index contributed by atoms with van der Waals surface area (Å²) in [6.45, 7) is -0.208. The van der Waals surface area contributed by atoms with Crippen molar-refractivity contribution in [3.63, 3.8) is 0 Å². The maximum atomic E-state index is 14.3. The van der Waals surface area contributed by atoms with E-state index in [0.717, 1.165) is 0 Å². The Kier molecular flexibility index (Phi) is 3.96. The number of H-pyrrole nitrogens is 1. The van der Waals surface area contributed by atoms with Gasteiger partial charge in [0.1, 0.15) is 5.82 Å². The van der Waals surface area contributed by atoms with Crippen LogP contribution < -0.4 is 5.56 Å². The number of hydrogen-bond acceptors (Lipinski definition) is 2. The van der Waals surface area contributed by atoms with Gasteiger partial charge in [-0.3, -0.25) is 4.79 Å². The van der Waals surface area contributed by atoms with Gasteiger partial charge in [0, 0.05) is 35.1 Å². The molecule has 2 aromatic carbocycles. The fourth-order valence-electron chi connectivity index (χ4n) is 2.66. The van der Waals surface area contributed by atoms with Crippen molar-refractivity contribution in [2.24, 2.45) is 0 Å². The minimum absolute atomic E-state index is 0.125. The Hall–Kier alpha value is -2.17. The van der Waals surface area contributed by atoms with Crippen LogP contribution in [0.2, 0.25) is 5.02 Å². The van der Waals surface area contributed by atoms with Crippen LogP contribution in [0, 0.1) is 5.82 Å². The standard InChI is InChI=1S/C17H13ClFNO2/c18-12-5-3-7-14-16(12)15(10-4-1-2-6-13(10)19)11(8-9-21)17(22)20-14/h1-7,21H,8-9H2,(H,20,22). The Morgan fingerprint density at radius 1 is 1.14 bits per heavy atom. The van der Waals surface area contributed by atoms with E-state index in [-0.39, 0.29) is 18.6 Å². The summed E-state index contributed by atoms with van der Waals surface area (Å²) >= 11 is 6.28. The second kappa shape index (κ2) is 5.91. The predicted molar refractivity (Wildman–Crippen MR) is 85.8 cm³/mol. The van der Waals surface area contributed by atoms with E-state index < -0.39 is 5.82 Å². The molecule has 3 nitrogen and oxygen atoms in total. The molecule has 0 saturated carbocycles. The van der Waals surface area contributed by atoms with E-state index in [9.17, 15) is 14.3 Å². The van der Waals surface area contributed by atoms with Gasteiger partial charge < -0.3 is 10.1 Å². The second-order valence-corrected chi connectivity index (χ2v) is 5.33. The van der Waals surface area contributed by atoms with Crippen LogP contribution in [0.25, 0.3) is 22.0 Å². The molecule has 0 spiro atoms. The van der Waals surface area contributed by atoms with Crippen LogP contribution in [0.4, 0.5) is 4.39 Å². The molecular formula is C17H13ClFNO2. The zero-order chi connectivity index (χ0) is 15.7. The third kappa shape index (κ3) is 2.40. The third-order valence-electron chi connectivity index (χ3n) is 3.59. The normalized spacial score (nSPS) is 11.0. The van der Waals surface area contributed by atoms with Crippen molar-refractivity contribution in [1.29, 1.82) is 0 Å². The van der Waals surface area contributed by atoms with E-state index in [1.54, 1.807) is 36.4 Å². The minimum Gasteiger partial charge on any atom is -0.396 e. The lowest BCUT2D eigenvalue weighted by atomic mass is 9.94. The molecule has 0 bridgehead atoms. The summed E-state index contributed by atoms with van der Waals surface area (Å²) in [5.74, 6) is -0.437. The first kappa shape index (κ1) is 14.8. The lowest BCUT2D eigenvalue weighted by molar-refractivity contribution is 0.299. The fourth-order valence-corrected chi connectivity index (χ4v) is 2.93. The highest BCUT2D eigenvalue weighted by Gasteiger charge is 2.18. The molecule has 0 fully saturated rings. The van der Waals surface area contributed by atoms with Gasteiger partial charge in [-0.25, -0.2) is 4.39 Å². The number of aromatic nitrogens is 1. The van der Waals surface area contributed by atoms with Gasteiger partial charge in [-0.2, -0.15) is 0 Å². The highest BCUT2D eigenvalue weighted by atomic mass is 35.5. The van der Waals surface area contributed by atoms with Gasteiger partial charge in [-0.05, 0) is 18.2 Å². The Balaban J connectivity index is 2.51. The Morgan fingerprint density at radius 2 is 1.91 bits per heavy atom. The van der Waals surface area contributed by atoms with Crippen LogP contribution in [-0.4, -0.2) is 16.7 Å². The van der Waals surface area contributed by atoms with Gasteiger partial charge in [-0.15, -0.1) is 0 Å². The Bertz CT molecular complexity index is 905. The summed E-state index contributed by atoms with van der Waals surface area (Å²) < 4.78 is 14.3. The molecule has 22 heavy (non-hydrogen) atoms. The number of aromatic amines is 1. The molecule has 3 aromatic rings. The molecule has 1 aromatic heterocycles. The molecule has 0 aliphatic rings. The largest absolute Gasteiger partial charge is 0.396 e. The average Bonchev–Trinajstić information content (AvgIpc) is 2.50. The molecule has 0 amide bonds. The molecule has 2 N–H and O–H groups in total. The van der Waals surface area contributed by atoms with Crippen molar-refractivity contribution >= 4 is 22.5 Å². The number of hydrogen-bond donors (Lipinski definition) is 2. The summed E-state index contributed by atoms with van der Waals surface area (Å²) in [4.78, 5) is 15.0. The molecule has 5 heteroatoms. The summed E-state index contributed by atoms with van der Waals surface area (Å²) in [6.07, 6.45) is 0.125. The first-order valence-electron chi connectivity index (χ1n) is 6.82. The average molecular weight is 318 g/mol. The van der Waals surface area contributed by atoms with Crippen LogP contribution in [-0.2, 0) is 6.42 Å². The SMILES string of the molecule is O=c1[nH]c2cccc(Cl)c2c(-c2ccccc2F)c1CCO. The first-order valence-corrected chi connectivity index (χ1v) is 7.20. The van der Waals surface area contributed by atoms with Gasteiger partial charge in [0.25, 0.3) is 5.56 Å². The molecule has 0 aliphatic carbocycles. The van der Waals surface area contributed by atoms with Crippen LogP contribution in [0.15, 0.2) is 47.3 Å². The van der Waals surface area contributed by atoms with Gasteiger partial charge in [0.15, 0.2) is 0 Å². The Labute approximate surface area is 131 Å². The quantitative estimate of drug-likeness (QED) is 0.776. The van der Waals surface area contributed by atoms with Crippen molar-refractivity contribution < 1.29 is 9.50 Å². The number of aliphatic hydroxyl groups is 1. The second-order valence-electron chi connectivity index (χ2n) is 4.92. The molecule has 112 valence electrons. The topological polar surface area (TPSA) is 53.1 Å². The molecule has 0 radical (unpaired) electrons. The van der Waals surface area contributed by atoms with Crippen molar-refractivity contribution in [2.75, 3.05) is 6.61 Å². The highest BCUT2D eigenvalue weighted by molar-refractivity contribution is 6.36. The monoisotopic (exact) mass is 317 g/mol. The van der Waals surface area contributed by atoms with Crippen molar-refractivity contribution in [2.45, 2.75) is 6.42 Å². The number of fused-ring (bicyclic) bond motifs is 1. The van der Waals surface area contributed by atoms with Crippen LogP contribution >= 0.6 is 11.6 Å². The minimum atomic E-state index is -0.437. The van der Waals surface area contributed by atoms with Gasteiger partial charge in [-0.1, -0.05) is 35.9 Å². The van der Waals surface area contributed by atoms with Gasteiger partial charge >= 0.3 is 0 Å². The lowest BCUT2D eigenvalue weighted by Crippen LogP contribution is -2.16. The number of halogens is 2. The number of aliphatic hydroxyl groups excluding tert-OH is 1. The van der Waals surface area contributed by atoms with Crippen LogP contribution in [0.1, 0.15) is 5.56 Å². The molecule has 3 rings (SSSR count). The molecular weight excluding hydrogens is 305 g/mol. The number of benzene rings is 2. The predicted octanol–water partition coefficient (Wildman–Crippen LogP) is 3.52. The molecule has 0 unspecified atom stereocenters. The van der Waals surface area contributed by atoms with E-state index in [4.69, 9.17) is 11.6 Å². The lowest BCUT2D eigenvalue weighted by Gasteiger charge is -2.14. The molecule has 0 aliphatic heterocycles. The Morgan fingerprint density at radius 3 is 2.64 bits per heavy atom. The summed E-state index contributed by atoms with van der Waals surface area (Å²) in [5, 5.41) is 10.2. The molecule has 0 atom stereocenters. The van der Waals surface area contributed by atoms with Crippen molar-refractivity contribution in [3.8, 4) is 11.1 Å². The van der Waals surface area contributed by atoms with Crippen molar-refractivity contribution in [3.05, 3.63) is 69.2 Å². The zero-order valence-electron chi connectivity index (χ0n) is 11.6. The summed E-state index contributed by atoms with van der Waals surface area (Å²) in [7, 11) is 0. The van der Waals surface area contributed by atoms with E-state index >= 15 is 0 Å². The first-order chi connectivity index (χ1) is 10.6. The smallest absolute Gasteiger partial charge is 0.252 e. The van der Waals surface area contributed by atoms with Crippen LogP contribution in [0.3, 0.4) is 0 Å². The van der Waals surface area contributed by atoms with E-state index in [2.05, 4.69) is 4.98 Å². The van der Waals surface area contributed by atoms with E-state index in [0.29, 0.717) is 32.6 Å². The van der Waals surface area contributed by atoms with Gasteiger partial charge in [0.05, 0.1) is 10.5 Å². The third-order valence-corrected chi connectivity index (χ3v) is 3.91. The van der Waals surface area contributed by atoms with Crippen molar-refractivity contribution in [1.82, 2.24) is 4.98 Å². The maximum absolute atomic E-state index is 14.3. The van der Waals surface area contributed by atoms with Gasteiger partial charge in [0.2, 0.25) is 0 Å². The zero-order valence-corrected chi connectivity index (χ0v) is 12.3. The van der Waals surface area contributed by atoms with Crippen LogP contribution in [0.5, 0.6) is 0 Å². The summed E-state index contributed by atoms with van der Waals surface area (Å²) in [6, 6.07) is 11.4. The fraction of sp³-hybridized carbons (Fsp3) is 0.118. The maximum Gasteiger partial charge on any atom is 0.252 e. The number of pyridine rings is 1. The van der Waals surface area contributed by atoms with E-state index in [1.807, 2.05) is 0 Å². The highest BCUT2D eigenvalue weighted by Crippen LogP contribution is 2.35. The number of rotatable bonds is 3. The molecule has 1 heterocycles. The number of nitrogens with one attached hydrogen (secondary N) is 1. The van der Waals surface area contributed by atoms with E-state index in [1.165, 1.54) is 6.07 Å². The molecule has 0 saturated heterocycles.